The second-order valence-electron chi connectivity index (χ2n) is 6.09. The number of aromatic amines is 1. The summed E-state index contributed by atoms with van der Waals surface area (Å²) in [5.74, 6) is -0.0218. The normalized spacial score (nSPS) is 11.7. The molecule has 0 aliphatic carbocycles. The zero-order chi connectivity index (χ0) is 17.9. The van der Waals surface area contributed by atoms with Crippen LogP contribution in [0.5, 0.6) is 0 Å². The van der Waals surface area contributed by atoms with Crippen LogP contribution in [0.2, 0.25) is 0 Å². The third-order valence-electron chi connectivity index (χ3n) is 4.03. The molecule has 130 valence electrons. The van der Waals surface area contributed by atoms with E-state index in [0.29, 0.717) is 18.5 Å². The van der Waals surface area contributed by atoms with Gasteiger partial charge in [0.15, 0.2) is 0 Å². The van der Waals surface area contributed by atoms with Crippen molar-refractivity contribution >= 4 is 20.9 Å². The molecule has 25 heavy (non-hydrogen) atoms. The molecule has 0 radical (unpaired) electrons. The number of aryl methyl sites for hydroxylation is 1. The van der Waals surface area contributed by atoms with E-state index in [1.807, 2.05) is 42.5 Å². The Bertz CT molecular complexity index is 1040. The first-order valence-electron chi connectivity index (χ1n) is 8.07. The number of fused-ring (bicyclic) bond motifs is 1. The van der Waals surface area contributed by atoms with Gasteiger partial charge in [-0.3, -0.25) is 4.79 Å². The van der Waals surface area contributed by atoms with Gasteiger partial charge in [-0.2, -0.15) is 0 Å². The minimum absolute atomic E-state index is 0.0218. The minimum atomic E-state index is -3.36. The zero-order valence-corrected chi connectivity index (χ0v) is 14.8. The van der Waals surface area contributed by atoms with Gasteiger partial charge < -0.3 is 4.98 Å². The predicted molar refractivity (Wildman–Crippen MR) is 100 cm³/mol. The summed E-state index contributed by atoms with van der Waals surface area (Å²) in [7, 11) is -3.36. The Kier molecular flexibility index (Phi) is 5.01. The first-order valence-corrected chi connectivity index (χ1v) is 9.72. The Morgan fingerprint density at radius 3 is 2.52 bits per heavy atom. The van der Waals surface area contributed by atoms with Crippen molar-refractivity contribution in [2.75, 3.05) is 6.54 Å². The lowest BCUT2D eigenvalue weighted by Gasteiger charge is -2.08. The number of benzene rings is 2. The van der Waals surface area contributed by atoms with E-state index in [-0.39, 0.29) is 11.3 Å². The van der Waals surface area contributed by atoms with E-state index in [4.69, 9.17) is 0 Å². The predicted octanol–water partition coefficient (Wildman–Crippen LogP) is 2.50. The third-order valence-corrected chi connectivity index (χ3v) is 5.39. The highest BCUT2D eigenvalue weighted by atomic mass is 32.2. The molecule has 2 aromatic carbocycles. The summed E-state index contributed by atoms with van der Waals surface area (Å²) in [4.78, 5) is 14.4. The van der Waals surface area contributed by atoms with Crippen molar-refractivity contribution in [1.82, 2.24) is 9.71 Å². The van der Waals surface area contributed by atoms with Crippen LogP contribution in [0.15, 0.2) is 59.4 Å². The van der Waals surface area contributed by atoms with Crippen molar-refractivity contribution in [3.63, 3.8) is 0 Å². The van der Waals surface area contributed by atoms with Crippen LogP contribution in [0, 0.1) is 6.92 Å². The first kappa shape index (κ1) is 17.4. The largest absolute Gasteiger partial charge is 0.322 e. The van der Waals surface area contributed by atoms with Crippen LogP contribution in [0.25, 0.3) is 10.9 Å². The van der Waals surface area contributed by atoms with E-state index >= 15 is 0 Å². The van der Waals surface area contributed by atoms with Gasteiger partial charge >= 0.3 is 0 Å². The minimum Gasteiger partial charge on any atom is -0.322 e. The Balaban J connectivity index is 1.64. The molecule has 0 amide bonds. The van der Waals surface area contributed by atoms with Gasteiger partial charge in [0.25, 0.3) is 5.56 Å². The van der Waals surface area contributed by atoms with E-state index in [1.165, 1.54) is 0 Å². The summed E-state index contributed by atoms with van der Waals surface area (Å²) < 4.78 is 26.9. The van der Waals surface area contributed by atoms with Crippen molar-refractivity contribution in [3.8, 4) is 0 Å². The average Bonchev–Trinajstić information content (AvgIpc) is 2.56. The van der Waals surface area contributed by atoms with Crippen molar-refractivity contribution in [3.05, 3.63) is 81.6 Å². The summed E-state index contributed by atoms with van der Waals surface area (Å²) in [6.07, 6.45) is 0.585. The Hall–Kier alpha value is -2.44. The van der Waals surface area contributed by atoms with E-state index < -0.39 is 10.0 Å². The molecule has 0 spiro atoms. The van der Waals surface area contributed by atoms with E-state index in [1.54, 1.807) is 19.1 Å². The number of aromatic nitrogens is 1. The molecule has 3 rings (SSSR count). The molecule has 0 aliphatic heterocycles. The summed E-state index contributed by atoms with van der Waals surface area (Å²) in [6.45, 7) is 2.10. The molecule has 0 aliphatic rings. The molecule has 0 fully saturated rings. The smallest absolute Gasteiger partial charge is 0.251 e. The van der Waals surface area contributed by atoms with Crippen LogP contribution in [0.4, 0.5) is 0 Å². The third kappa shape index (κ3) is 4.55. The number of H-pyrrole nitrogens is 1. The fourth-order valence-electron chi connectivity index (χ4n) is 2.72. The van der Waals surface area contributed by atoms with Crippen molar-refractivity contribution in [2.45, 2.75) is 19.1 Å². The van der Waals surface area contributed by atoms with Gasteiger partial charge in [0.1, 0.15) is 0 Å². The van der Waals surface area contributed by atoms with Gasteiger partial charge in [-0.05, 0) is 48.1 Å². The summed E-state index contributed by atoms with van der Waals surface area (Å²) in [6, 6.07) is 16.7. The lowest BCUT2D eigenvalue weighted by molar-refractivity contribution is 0.581. The monoisotopic (exact) mass is 356 g/mol. The van der Waals surface area contributed by atoms with E-state index in [2.05, 4.69) is 9.71 Å². The molecule has 2 N–H and O–H groups in total. The van der Waals surface area contributed by atoms with Crippen LogP contribution < -0.4 is 10.3 Å². The molecular weight excluding hydrogens is 336 g/mol. The van der Waals surface area contributed by atoms with Gasteiger partial charge in [0.2, 0.25) is 10.0 Å². The molecule has 5 nitrogen and oxygen atoms in total. The maximum absolute atomic E-state index is 12.1. The Labute approximate surface area is 146 Å². The average molecular weight is 356 g/mol. The molecule has 1 aromatic heterocycles. The van der Waals surface area contributed by atoms with Crippen molar-refractivity contribution in [2.24, 2.45) is 0 Å². The summed E-state index contributed by atoms with van der Waals surface area (Å²) in [5, 5.41) is 0.946. The van der Waals surface area contributed by atoms with Crippen LogP contribution >= 0.6 is 0 Å². The maximum atomic E-state index is 12.1. The topological polar surface area (TPSA) is 79.0 Å². The fourth-order valence-corrected chi connectivity index (χ4v) is 3.86. The first-order chi connectivity index (χ1) is 11.9. The summed E-state index contributed by atoms with van der Waals surface area (Å²) in [5.41, 5.74) is 3.13. The molecule has 0 bridgehead atoms. The molecule has 0 atom stereocenters. The van der Waals surface area contributed by atoms with E-state index in [9.17, 15) is 13.2 Å². The molecule has 6 heteroatoms. The highest BCUT2D eigenvalue weighted by Crippen LogP contribution is 2.14. The molecule has 0 saturated heterocycles. The van der Waals surface area contributed by atoms with Crippen LogP contribution in [-0.4, -0.2) is 19.9 Å². The highest BCUT2D eigenvalue weighted by molar-refractivity contribution is 7.88. The zero-order valence-electron chi connectivity index (χ0n) is 14.0. The summed E-state index contributed by atoms with van der Waals surface area (Å²) >= 11 is 0. The number of rotatable bonds is 6. The second kappa shape index (κ2) is 7.21. The lowest BCUT2D eigenvalue weighted by Crippen LogP contribution is -2.27. The van der Waals surface area contributed by atoms with Gasteiger partial charge in [-0.15, -0.1) is 0 Å². The SMILES string of the molecule is Cc1cc2cc(CCNS(=O)(=O)Cc3ccccc3)ccc2[nH]c1=O. The van der Waals surface area contributed by atoms with E-state index in [0.717, 1.165) is 22.0 Å². The molecule has 3 aromatic rings. The molecule has 1 heterocycles. The van der Waals surface area contributed by atoms with Crippen LogP contribution in [0.1, 0.15) is 16.7 Å². The lowest BCUT2D eigenvalue weighted by atomic mass is 10.1. The van der Waals surface area contributed by atoms with Crippen LogP contribution in [-0.2, 0) is 22.2 Å². The number of pyridine rings is 1. The van der Waals surface area contributed by atoms with Gasteiger partial charge in [0.05, 0.1) is 5.75 Å². The van der Waals surface area contributed by atoms with Crippen molar-refractivity contribution < 1.29 is 8.42 Å². The van der Waals surface area contributed by atoms with Gasteiger partial charge in [0, 0.05) is 17.6 Å². The molecular formula is C19H20N2O3S. The van der Waals surface area contributed by atoms with Crippen molar-refractivity contribution in [1.29, 1.82) is 0 Å². The number of hydrogen-bond donors (Lipinski definition) is 2. The second-order valence-corrected chi connectivity index (χ2v) is 7.90. The number of hydrogen-bond acceptors (Lipinski definition) is 3. The quantitative estimate of drug-likeness (QED) is 0.712. The Morgan fingerprint density at radius 1 is 1.00 bits per heavy atom. The van der Waals surface area contributed by atoms with Gasteiger partial charge in [-0.1, -0.05) is 36.4 Å². The van der Waals surface area contributed by atoms with Gasteiger partial charge in [-0.25, -0.2) is 13.1 Å². The standard InChI is InChI=1S/C19H20N2O3S/c1-14-11-17-12-15(7-8-18(17)21-19(14)22)9-10-20-25(23,24)13-16-5-3-2-4-6-16/h2-8,11-12,20H,9-10,13H2,1H3,(H,21,22). The Morgan fingerprint density at radius 2 is 1.76 bits per heavy atom. The maximum Gasteiger partial charge on any atom is 0.251 e. The number of sulfonamides is 1. The molecule has 0 unspecified atom stereocenters. The highest BCUT2D eigenvalue weighted by Gasteiger charge is 2.10. The fraction of sp³-hybridized carbons (Fsp3) is 0.211. The van der Waals surface area contributed by atoms with Crippen LogP contribution in [0.3, 0.4) is 0 Å². The number of nitrogens with one attached hydrogen (secondary N) is 2. The molecule has 0 saturated carbocycles.